The highest BCUT2D eigenvalue weighted by Crippen LogP contribution is 2.46. The molecule has 0 bridgehead atoms. The lowest BCUT2D eigenvalue weighted by Crippen LogP contribution is -2.33. The second-order valence-electron chi connectivity index (χ2n) is 10.7. The van der Waals surface area contributed by atoms with Gasteiger partial charge in [0.2, 0.25) is 0 Å². The summed E-state index contributed by atoms with van der Waals surface area (Å²) in [6, 6.07) is 8.41. The van der Waals surface area contributed by atoms with Gasteiger partial charge in [0.1, 0.15) is 10.9 Å². The summed E-state index contributed by atoms with van der Waals surface area (Å²) in [6.45, 7) is 2.83. The zero-order valence-corrected chi connectivity index (χ0v) is 26.5. The Hall–Kier alpha value is -1.77. The van der Waals surface area contributed by atoms with Crippen molar-refractivity contribution in [3.05, 3.63) is 46.4 Å². The van der Waals surface area contributed by atoms with Gasteiger partial charge in [0.25, 0.3) is 5.91 Å². The minimum Gasteiger partial charge on any atom is -0.480 e. The second-order valence-corrected chi connectivity index (χ2v) is 13.5. The van der Waals surface area contributed by atoms with Crippen LogP contribution in [0.4, 0.5) is 5.69 Å². The fourth-order valence-electron chi connectivity index (χ4n) is 5.16. The van der Waals surface area contributed by atoms with E-state index in [0.29, 0.717) is 9.23 Å². The number of rotatable bonds is 20. The van der Waals surface area contributed by atoms with Gasteiger partial charge in [-0.25, -0.2) is 0 Å². The fourth-order valence-corrected chi connectivity index (χ4v) is 7.45. The molecule has 3 rings (SSSR count). The maximum atomic E-state index is 12.6. The monoisotopic (exact) mass is 602 g/mol. The standard InChI is InChI=1S/C32H46N2O3S3/c1-2-3-4-5-6-7-8-9-10-11-12-13-14-15-16-19-24-33-26-20-17-18-21-27(26)39-29(33)23-22-28-31(37)34(25-30(35)36)32(38)40-28/h17-18,20-23H,2-16,19,24-25H2,1H3,(H,35,36). The van der Waals surface area contributed by atoms with E-state index in [4.69, 9.17) is 17.3 Å². The van der Waals surface area contributed by atoms with Crippen LogP contribution in [0.3, 0.4) is 0 Å². The quantitative estimate of drug-likeness (QED) is 0.0906. The number of hydrogen-bond donors (Lipinski definition) is 1. The predicted molar refractivity (Wildman–Crippen MR) is 175 cm³/mol. The van der Waals surface area contributed by atoms with Crippen molar-refractivity contribution in [2.24, 2.45) is 0 Å². The van der Waals surface area contributed by atoms with Crippen molar-refractivity contribution >= 4 is 57.6 Å². The first-order valence-corrected chi connectivity index (χ1v) is 17.3. The molecule has 2 heterocycles. The lowest BCUT2D eigenvalue weighted by atomic mass is 10.0. The lowest BCUT2D eigenvalue weighted by molar-refractivity contribution is -0.140. The Labute approximate surface area is 255 Å². The number of carbonyl (C=O) groups excluding carboxylic acids is 1. The average Bonchev–Trinajstić information content (AvgIpc) is 3.42. The number of carbonyl (C=O) groups is 2. The van der Waals surface area contributed by atoms with Crippen LogP contribution in [0.2, 0.25) is 0 Å². The molecule has 0 aromatic heterocycles. The van der Waals surface area contributed by atoms with Gasteiger partial charge in [-0.15, -0.1) is 0 Å². The van der Waals surface area contributed by atoms with Crippen LogP contribution in [0.1, 0.15) is 110 Å². The number of fused-ring (bicyclic) bond motifs is 1. The summed E-state index contributed by atoms with van der Waals surface area (Å²) in [6.07, 6.45) is 25.5. The van der Waals surface area contributed by atoms with Crippen molar-refractivity contribution in [2.45, 2.75) is 115 Å². The Morgan fingerprint density at radius 1 is 0.800 bits per heavy atom. The summed E-state index contributed by atoms with van der Waals surface area (Å²) < 4.78 is 0.296. The number of amides is 1. The number of hydrogen-bond acceptors (Lipinski definition) is 6. The topological polar surface area (TPSA) is 60.9 Å². The molecule has 2 aliphatic rings. The molecule has 8 heteroatoms. The van der Waals surface area contributed by atoms with E-state index in [-0.39, 0.29) is 5.91 Å². The lowest BCUT2D eigenvalue weighted by Gasteiger charge is -2.20. The van der Waals surface area contributed by atoms with Crippen molar-refractivity contribution in [1.29, 1.82) is 0 Å². The van der Waals surface area contributed by atoms with Gasteiger partial charge in [0, 0.05) is 11.4 Å². The van der Waals surface area contributed by atoms with Gasteiger partial charge in [0.15, 0.2) is 0 Å². The molecule has 0 saturated carbocycles. The number of anilines is 1. The third kappa shape index (κ3) is 10.9. The van der Waals surface area contributed by atoms with E-state index < -0.39 is 12.5 Å². The summed E-state index contributed by atoms with van der Waals surface area (Å²) in [5.41, 5.74) is 1.21. The summed E-state index contributed by atoms with van der Waals surface area (Å²) in [5, 5.41) is 10.2. The molecule has 0 spiro atoms. The predicted octanol–water partition coefficient (Wildman–Crippen LogP) is 9.53. The molecular weight excluding hydrogens is 557 g/mol. The molecule has 0 atom stereocenters. The number of nitrogens with zero attached hydrogens (tertiary/aromatic N) is 2. The maximum Gasteiger partial charge on any atom is 0.323 e. The fraction of sp³-hybridized carbons (Fsp3) is 0.594. The van der Waals surface area contributed by atoms with Gasteiger partial charge in [-0.1, -0.05) is 151 Å². The number of carboxylic acid groups (broad SMARTS) is 1. The van der Waals surface area contributed by atoms with E-state index in [1.165, 1.54) is 119 Å². The SMILES string of the molecule is CCCCCCCCCCCCCCCCCCN1C(=CC=C2SC(=S)N(CC(=O)O)C2=O)Sc2ccccc21. The Bertz CT molecular complexity index is 1040. The molecule has 2 aliphatic heterocycles. The smallest absolute Gasteiger partial charge is 0.323 e. The Morgan fingerprint density at radius 2 is 1.35 bits per heavy atom. The molecule has 5 nitrogen and oxygen atoms in total. The normalized spacial score (nSPS) is 17.0. The first-order chi connectivity index (χ1) is 19.5. The third-order valence-electron chi connectivity index (χ3n) is 7.42. The van der Waals surface area contributed by atoms with Gasteiger partial charge >= 0.3 is 5.97 Å². The number of carboxylic acids is 1. The second kappa shape index (κ2) is 18.6. The third-order valence-corrected chi connectivity index (χ3v) is 9.94. The first kappa shape index (κ1) is 32.7. The van der Waals surface area contributed by atoms with Crippen LogP contribution in [0.15, 0.2) is 51.2 Å². The number of thiocarbonyl (C=S) groups is 1. The Balaban J connectivity index is 1.35. The van der Waals surface area contributed by atoms with Gasteiger partial charge in [0.05, 0.1) is 15.6 Å². The average molecular weight is 603 g/mol. The van der Waals surface area contributed by atoms with Crippen LogP contribution >= 0.6 is 35.7 Å². The van der Waals surface area contributed by atoms with Crippen molar-refractivity contribution in [3.63, 3.8) is 0 Å². The molecule has 1 amide bonds. The highest BCUT2D eigenvalue weighted by Gasteiger charge is 2.33. The van der Waals surface area contributed by atoms with Gasteiger partial charge < -0.3 is 10.0 Å². The molecule has 0 radical (unpaired) electrons. The van der Waals surface area contributed by atoms with Gasteiger partial charge in [-0.05, 0) is 30.7 Å². The molecule has 0 aliphatic carbocycles. The zero-order chi connectivity index (χ0) is 28.6. The van der Waals surface area contributed by atoms with Crippen molar-refractivity contribution < 1.29 is 14.7 Å². The number of unbranched alkanes of at least 4 members (excludes halogenated alkanes) is 15. The number of para-hydroxylation sites is 1. The summed E-state index contributed by atoms with van der Waals surface area (Å²) in [4.78, 5) is 28.9. The largest absolute Gasteiger partial charge is 0.480 e. The van der Waals surface area contributed by atoms with E-state index in [1.54, 1.807) is 17.8 Å². The highest BCUT2D eigenvalue weighted by atomic mass is 32.2. The van der Waals surface area contributed by atoms with Crippen LogP contribution < -0.4 is 4.90 Å². The Morgan fingerprint density at radius 3 is 1.93 bits per heavy atom. The first-order valence-electron chi connectivity index (χ1n) is 15.2. The van der Waals surface area contributed by atoms with E-state index in [0.717, 1.165) is 22.9 Å². The van der Waals surface area contributed by atoms with Gasteiger partial charge in [-0.3, -0.25) is 14.5 Å². The van der Waals surface area contributed by atoms with Crippen molar-refractivity contribution in [3.8, 4) is 0 Å². The minimum atomic E-state index is -1.07. The molecule has 0 unspecified atom stereocenters. The number of benzene rings is 1. The molecule has 1 aromatic carbocycles. The molecule has 40 heavy (non-hydrogen) atoms. The highest BCUT2D eigenvalue weighted by molar-refractivity contribution is 8.26. The zero-order valence-electron chi connectivity index (χ0n) is 24.1. The molecule has 1 fully saturated rings. The van der Waals surface area contributed by atoms with Crippen molar-refractivity contribution in [2.75, 3.05) is 18.0 Å². The van der Waals surface area contributed by atoms with E-state index in [1.807, 2.05) is 6.08 Å². The number of allylic oxidation sites excluding steroid dienone is 2. The van der Waals surface area contributed by atoms with Crippen LogP contribution in [-0.2, 0) is 9.59 Å². The molecule has 220 valence electrons. The van der Waals surface area contributed by atoms with Crippen LogP contribution in [0.5, 0.6) is 0 Å². The van der Waals surface area contributed by atoms with E-state index in [9.17, 15) is 9.59 Å². The summed E-state index contributed by atoms with van der Waals surface area (Å²) >= 11 is 8.10. The maximum absolute atomic E-state index is 12.6. The van der Waals surface area contributed by atoms with Crippen LogP contribution in [-0.4, -0.2) is 39.3 Å². The summed E-state index contributed by atoms with van der Waals surface area (Å²) in [5.74, 6) is -1.40. The molecule has 1 saturated heterocycles. The minimum absolute atomic E-state index is 0.296. The van der Waals surface area contributed by atoms with Crippen molar-refractivity contribution in [1.82, 2.24) is 4.90 Å². The molecule has 1 N–H and O–H groups in total. The molecule has 1 aromatic rings. The van der Waals surface area contributed by atoms with Crippen LogP contribution in [0, 0.1) is 0 Å². The van der Waals surface area contributed by atoms with Gasteiger partial charge in [-0.2, -0.15) is 0 Å². The summed E-state index contributed by atoms with van der Waals surface area (Å²) in [7, 11) is 0. The van der Waals surface area contributed by atoms with E-state index in [2.05, 4.69) is 36.1 Å². The number of aliphatic carboxylic acids is 1. The van der Waals surface area contributed by atoms with E-state index >= 15 is 0 Å². The van der Waals surface area contributed by atoms with Crippen LogP contribution in [0.25, 0.3) is 0 Å². The molecular formula is C32H46N2O3S3. The Kier molecular flexibility index (Phi) is 15.2. The number of thioether (sulfide) groups is 2.